The van der Waals surface area contributed by atoms with Gasteiger partial charge in [0.15, 0.2) is 0 Å². The molecular formula is C20H27F4N3O4S. The Balaban J connectivity index is 2.16. The van der Waals surface area contributed by atoms with Crippen LogP contribution in [0.1, 0.15) is 63.5 Å². The first-order valence-corrected chi connectivity index (χ1v) is 11.7. The van der Waals surface area contributed by atoms with Crippen molar-refractivity contribution in [1.29, 1.82) is 0 Å². The van der Waals surface area contributed by atoms with E-state index in [0.29, 0.717) is 21.7 Å². The summed E-state index contributed by atoms with van der Waals surface area (Å²) in [6, 6.07) is 1.43. The molecule has 1 aromatic carbocycles. The summed E-state index contributed by atoms with van der Waals surface area (Å²) in [5, 5.41) is 1.14. The molecular weight excluding hydrogens is 454 g/mol. The Kier molecular flexibility index (Phi) is 7.79. The molecule has 1 unspecified atom stereocenters. The molecule has 0 radical (unpaired) electrons. The van der Waals surface area contributed by atoms with E-state index in [2.05, 4.69) is 5.32 Å². The average molecular weight is 482 g/mol. The van der Waals surface area contributed by atoms with Crippen LogP contribution in [-0.4, -0.2) is 49.8 Å². The number of hydrogen-bond acceptors (Lipinski definition) is 4. The van der Waals surface area contributed by atoms with Crippen molar-refractivity contribution in [2.45, 2.75) is 63.8 Å². The maximum Gasteiger partial charge on any atom is 0.406 e. The van der Waals surface area contributed by atoms with Crippen molar-refractivity contribution < 1.29 is 35.6 Å². The number of hydrogen-bond donors (Lipinski definition) is 2. The summed E-state index contributed by atoms with van der Waals surface area (Å²) < 4.78 is 78.6. The number of halogens is 4. The van der Waals surface area contributed by atoms with Crippen molar-refractivity contribution in [2.24, 2.45) is 0 Å². The van der Waals surface area contributed by atoms with E-state index in [1.165, 1.54) is 12.1 Å². The van der Waals surface area contributed by atoms with E-state index < -0.39 is 58.7 Å². The van der Waals surface area contributed by atoms with E-state index in [-0.39, 0.29) is 18.3 Å². The number of alkyl halides is 3. The van der Waals surface area contributed by atoms with Crippen molar-refractivity contribution in [1.82, 2.24) is 9.62 Å². The van der Waals surface area contributed by atoms with Crippen LogP contribution in [0.2, 0.25) is 0 Å². The molecule has 32 heavy (non-hydrogen) atoms. The molecule has 1 atom stereocenters. The first-order valence-electron chi connectivity index (χ1n) is 10.1. The number of piperidine rings is 1. The topological polar surface area (TPSA) is 95.6 Å². The molecule has 1 aliphatic heterocycles. The molecule has 2 N–H and O–H groups in total. The number of benzene rings is 1. The number of carbonyl (C=O) groups excluding carboxylic acids is 2. The van der Waals surface area contributed by atoms with Crippen LogP contribution in [0.25, 0.3) is 0 Å². The first kappa shape index (κ1) is 25.9. The Morgan fingerprint density at radius 2 is 1.69 bits per heavy atom. The number of amides is 3. The molecule has 180 valence electrons. The number of likely N-dealkylation sites (tertiary alicyclic amines) is 1. The fraction of sp³-hybridized carbons (Fsp3) is 0.600. The molecule has 0 aliphatic carbocycles. The summed E-state index contributed by atoms with van der Waals surface area (Å²) in [5.74, 6) is -1.79. The summed E-state index contributed by atoms with van der Waals surface area (Å²) in [6.07, 6.45) is -5.49. The van der Waals surface area contributed by atoms with E-state index in [9.17, 15) is 35.6 Å². The Morgan fingerprint density at radius 1 is 1.16 bits per heavy atom. The monoisotopic (exact) mass is 481 g/mol. The molecule has 0 spiro atoms. The fourth-order valence-corrected chi connectivity index (χ4v) is 4.81. The molecule has 0 saturated carbocycles. The number of anilines is 1. The number of rotatable bonds is 6. The number of sulfonamides is 1. The standard InChI is InChI=1S/C20H27F4N3O4S/c1-11(2)15-7-13(21)8-16(12(3)4)18(15)25-19(29)26-32(30,31)14-5-6-27(17(28)9-14)10-20(22,23)24/h7-8,11-12,14H,5-6,9-10H2,1-4H3,(H2,25,26,29). The Bertz CT molecular complexity index is 949. The lowest BCUT2D eigenvalue weighted by Crippen LogP contribution is -2.50. The summed E-state index contributed by atoms with van der Waals surface area (Å²) >= 11 is 0. The molecule has 12 heteroatoms. The van der Waals surface area contributed by atoms with Crippen molar-refractivity contribution in [2.75, 3.05) is 18.4 Å². The van der Waals surface area contributed by atoms with E-state index in [0.717, 1.165) is 0 Å². The number of urea groups is 1. The zero-order valence-corrected chi connectivity index (χ0v) is 19.0. The zero-order valence-electron chi connectivity index (χ0n) is 18.2. The number of nitrogens with one attached hydrogen (secondary N) is 2. The van der Waals surface area contributed by atoms with E-state index in [1.54, 1.807) is 27.7 Å². The van der Waals surface area contributed by atoms with Gasteiger partial charge in [-0.25, -0.2) is 22.3 Å². The number of nitrogens with zero attached hydrogens (tertiary/aromatic N) is 1. The highest BCUT2D eigenvalue weighted by molar-refractivity contribution is 7.90. The second-order valence-electron chi connectivity index (χ2n) is 8.42. The predicted molar refractivity (Wildman–Crippen MR) is 111 cm³/mol. The Morgan fingerprint density at radius 3 is 2.12 bits per heavy atom. The molecule has 2 rings (SSSR count). The second-order valence-corrected chi connectivity index (χ2v) is 10.4. The quantitative estimate of drug-likeness (QED) is 0.599. The lowest BCUT2D eigenvalue weighted by Gasteiger charge is -2.31. The van der Waals surface area contributed by atoms with Gasteiger partial charge in [-0.15, -0.1) is 0 Å². The lowest BCUT2D eigenvalue weighted by molar-refractivity contribution is -0.163. The number of carbonyl (C=O) groups is 2. The largest absolute Gasteiger partial charge is 0.406 e. The minimum atomic E-state index is -4.59. The van der Waals surface area contributed by atoms with Crippen LogP contribution in [0.4, 0.5) is 28.0 Å². The minimum Gasteiger partial charge on any atom is -0.334 e. The average Bonchev–Trinajstić information content (AvgIpc) is 2.62. The Hall–Kier alpha value is -2.37. The van der Waals surface area contributed by atoms with Crippen molar-refractivity contribution in [3.63, 3.8) is 0 Å². The van der Waals surface area contributed by atoms with Crippen molar-refractivity contribution in [3.05, 3.63) is 29.1 Å². The van der Waals surface area contributed by atoms with Gasteiger partial charge in [0, 0.05) is 18.7 Å². The van der Waals surface area contributed by atoms with Crippen LogP contribution >= 0.6 is 0 Å². The van der Waals surface area contributed by atoms with Crippen LogP contribution in [0.5, 0.6) is 0 Å². The molecule has 1 aromatic rings. The van der Waals surface area contributed by atoms with E-state index in [4.69, 9.17) is 0 Å². The summed E-state index contributed by atoms with van der Waals surface area (Å²) in [7, 11) is -4.34. The highest BCUT2D eigenvalue weighted by Crippen LogP contribution is 2.33. The third-order valence-corrected chi connectivity index (χ3v) is 6.92. The van der Waals surface area contributed by atoms with Gasteiger partial charge < -0.3 is 10.2 Å². The van der Waals surface area contributed by atoms with Gasteiger partial charge in [0.2, 0.25) is 15.9 Å². The summed E-state index contributed by atoms with van der Waals surface area (Å²) in [6.45, 7) is 5.32. The third-order valence-electron chi connectivity index (χ3n) is 5.17. The molecule has 1 aliphatic rings. The van der Waals surface area contributed by atoms with Crippen LogP contribution < -0.4 is 10.0 Å². The van der Waals surface area contributed by atoms with E-state index >= 15 is 0 Å². The SMILES string of the molecule is CC(C)c1cc(F)cc(C(C)C)c1NC(=O)NS(=O)(=O)C1CCN(CC(F)(F)F)C(=O)C1. The Labute approximate surface area is 184 Å². The van der Waals surface area contributed by atoms with Crippen LogP contribution in [0.3, 0.4) is 0 Å². The van der Waals surface area contributed by atoms with Gasteiger partial charge in [0.25, 0.3) is 0 Å². The molecule has 0 bridgehead atoms. The zero-order chi connectivity index (χ0) is 24.4. The maximum absolute atomic E-state index is 14.0. The van der Waals surface area contributed by atoms with E-state index in [1.807, 2.05) is 4.72 Å². The molecule has 1 fully saturated rings. The van der Waals surface area contributed by atoms with Gasteiger partial charge >= 0.3 is 12.2 Å². The lowest BCUT2D eigenvalue weighted by atomic mass is 9.92. The van der Waals surface area contributed by atoms with Gasteiger partial charge in [0.1, 0.15) is 12.4 Å². The molecule has 0 aromatic heterocycles. The van der Waals surface area contributed by atoms with Crippen molar-refractivity contribution >= 4 is 27.6 Å². The van der Waals surface area contributed by atoms with Gasteiger partial charge in [-0.1, -0.05) is 27.7 Å². The van der Waals surface area contributed by atoms with Gasteiger partial charge in [-0.05, 0) is 41.5 Å². The van der Waals surface area contributed by atoms with Crippen LogP contribution in [0.15, 0.2) is 12.1 Å². The minimum absolute atomic E-state index is 0.175. The molecule has 1 saturated heterocycles. The van der Waals surface area contributed by atoms with Gasteiger partial charge in [-0.2, -0.15) is 13.2 Å². The van der Waals surface area contributed by atoms with Crippen LogP contribution in [-0.2, 0) is 14.8 Å². The molecule has 3 amide bonds. The second kappa shape index (κ2) is 9.63. The normalized spacial score (nSPS) is 17.8. The summed E-state index contributed by atoms with van der Waals surface area (Å²) in [5.41, 5.74) is 1.26. The highest BCUT2D eigenvalue weighted by Gasteiger charge is 2.40. The van der Waals surface area contributed by atoms with Crippen molar-refractivity contribution in [3.8, 4) is 0 Å². The smallest absolute Gasteiger partial charge is 0.334 e. The van der Waals surface area contributed by atoms with Gasteiger partial charge in [0.05, 0.1) is 5.25 Å². The van der Waals surface area contributed by atoms with Crippen LogP contribution in [0, 0.1) is 5.82 Å². The summed E-state index contributed by atoms with van der Waals surface area (Å²) in [4.78, 5) is 25.0. The molecule has 1 heterocycles. The predicted octanol–water partition coefficient (Wildman–Crippen LogP) is 4.08. The third kappa shape index (κ3) is 6.57. The first-order chi connectivity index (χ1) is 14.6. The van der Waals surface area contributed by atoms with Gasteiger partial charge in [-0.3, -0.25) is 4.79 Å². The molecule has 7 nitrogen and oxygen atoms in total. The maximum atomic E-state index is 14.0. The fourth-order valence-electron chi connectivity index (χ4n) is 3.56. The highest BCUT2D eigenvalue weighted by atomic mass is 32.2.